The third-order valence-electron chi connectivity index (χ3n) is 2.63. The van der Waals surface area contributed by atoms with Crippen molar-refractivity contribution in [2.75, 3.05) is 0 Å². The van der Waals surface area contributed by atoms with Crippen LogP contribution in [0.4, 0.5) is 8.78 Å². The van der Waals surface area contributed by atoms with Crippen molar-refractivity contribution < 1.29 is 21.7 Å². The van der Waals surface area contributed by atoms with Crippen molar-refractivity contribution in [2.24, 2.45) is 5.73 Å². The predicted molar refractivity (Wildman–Crippen MR) is 67.3 cm³/mol. The zero-order valence-electron chi connectivity index (χ0n) is 10.9. The Labute approximate surface area is 119 Å². The molecule has 0 amide bonds. The van der Waals surface area contributed by atoms with Crippen LogP contribution in [0.2, 0.25) is 0 Å². The smallest absolute Gasteiger partial charge is 0.243 e. The Balaban J connectivity index is 2.27. The van der Waals surface area contributed by atoms with Gasteiger partial charge in [-0.15, -0.1) is 0 Å². The number of rotatable bonds is 5. The number of benzene rings is 1. The van der Waals surface area contributed by atoms with Gasteiger partial charge in [0.2, 0.25) is 15.9 Å². The molecule has 0 atom stereocenters. The largest absolute Gasteiger partial charge is 0.338 e. The van der Waals surface area contributed by atoms with Crippen LogP contribution in [0.1, 0.15) is 17.3 Å². The topological polar surface area (TPSA) is 111 Å². The molecule has 7 nitrogen and oxygen atoms in total. The average molecular weight is 318 g/mol. The maximum absolute atomic E-state index is 14.0. The molecule has 0 unspecified atom stereocenters. The van der Waals surface area contributed by atoms with Crippen LogP contribution in [0.25, 0.3) is 0 Å². The van der Waals surface area contributed by atoms with Gasteiger partial charge in [-0.2, -0.15) is 4.98 Å². The molecule has 0 aliphatic rings. The number of nitrogens with one attached hydrogen (secondary N) is 1. The van der Waals surface area contributed by atoms with Gasteiger partial charge in [-0.05, 0) is 19.1 Å². The van der Waals surface area contributed by atoms with Gasteiger partial charge in [-0.25, -0.2) is 21.9 Å². The van der Waals surface area contributed by atoms with Gasteiger partial charge in [0.25, 0.3) is 0 Å². The maximum Gasteiger partial charge on any atom is 0.243 e. The summed E-state index contributed by atoms with van der Waals surface area (Å²) in [4.78, 5) is 3.11. The van der Waals surface area contributed by atoms with Crippen molar-refractivity contribution in [2.45, 2.75) is 24.9 Å². The van der Waals surface area contributed by atoms with E-state index in [9.17, 15) is 17.2 Å². The fourth-order valence-corrected chi connectivity index (χ4v) is 2.69. The monoisotopic (exact) mass is 318 g/mol. The number of halogens is 2. The quantitative estimate of drug-likeness (QED) is 0.835. The lowest BCUT2D eigenvalue weighted by Crippen LogP contribution is -2.25. The summed E-state index contributed by atoms with van der Waals surface area (Å²) in [7, 11) is -4.20. The molecule has 3 N–H and O–H groups in total. The van der Waals surface area contributed by atoms with E-state index in [2.05, 4.69) is 14.9 Å². The van der Waals surface area contributed by atoms with E-state index in [1.165, 1.54) is 0 Å². The summed E-state index contributed by atoms with van der Waals surface area (Å²) in [6.45, 7) is 0.802. The summed E-state index contributed by atoms with van der Waals surface area (Å²) in [6.07, 6.45) is 0. The van der Waals surface area contributed by atoms with Crippen molar-refractivity contribution in [1.82, 2.24) is 14.9 Å². The molecular weight excluding hydrogens is 306 g/mol. The lowest BCUT2D eigenvalue weighted by molar-refractivity contribution is 0.372. The second kappa shape index (κ2) is 5.84. The van der Waals surface area contributed by atoms with E-state index in [4.69, 9.17) is 10.3 Å². The van der Waals surface area contributed by atoms with Crippen LogP contribution in [0, 0.1) is 18.6 Å². The highest BCUT2D eigenvalue weighted by molar-refractivity contribution is 7.89. The zero-order valence-corrected chi connectivity index (χ0v) is 11.7. The molecule has 0 fully saturated rings. The molecule has 10 heteroatoms. The minimum Gasteiger partial charge on any atom is -0.338 e. The Morgan fingerprint density at radius 1 is 1.38 bits per heavy atom. The van der Waals surface area contributed by atoms with Crippen LogP contribution in [0.3, 0.4) is 0 Å². The van der Waals surface area contributed by atoms with Gasteiger partial charge >= 0.3 is 0 Å². The van der Waals surface area contributed by atoms with Gasteiger partial charge in [0.1, 0.15) is 10.7 Å². The number of aromatic nitrogens is 2. The van der Waals surface area contributed by atoms with Crippen LogP contribution < -0.4 is 10.5 Å². The van der Waals surface area contributed by atoms with Gasteiger partial charge < -0.3 is 10.3 Å². The van der Waals surface area contributed by atoms with Crippen LogP contribution in [0.5, 0.6) is 0 Å². The SMILES string of the molecule is Cc1noc(CNS(=O)(=O)c2ccc(F)c(CN)c2F)n1. The van der Waals surface area contributed by atoms with Gasteiger partial charge in [-0.1, -0.05) is 5.16 Å². The molecule has 0 saturated carbocycles. The Bertz CT molecular complexity index is 761. The number of aryl methyl sites for hydroxylation is 1. The fraction of sp³-hybridized carbons (Fsp3) is 0.273. The third-order valence-corrected chi connectivity index (χ3v) is 4.05. The van der Waals surface area contributed by atoms with Crippen molar-refractivity contribution >= 4 is 10.0 Å². The predicted octanol–water partition coefficient (Wildman–Crippen LogP) is 0.593. The second-order valence-corrected chi connectivity index (χ2v) is 5.84. The van der Waals surface area contributed by atoms with E-state index in [-0.39, 0.29) is 12.4 Å². The minimum atomic E-state index is -4.20. The molecule has 1 aromatic carbocycles. The molecule has 0 aliphatic carbocycles. The Morgan fingerprint density at radius 3 is 2.67 bits per heavy atom. The maximum atomic E-state index is 14.0. The molecule has 1 aromatic heterocycles. The van der Waals surface area contributed by atoms with Crippen molar-refractivity contribution in [3.63, 3.8) is 0 Å². The van der Waals surface area contributed by atoms with E-state index in [1.54, 1.807) is 6.92 Å². The Kier molecular flexibility index (Phi) is 4.30. The standard InChI is InChI=1S/C11H12F2N4O3S/c1-6-16-10(20-17-6)5-15-21(18,19)9-3-2-8(12)7(4-14)11(9)13/h2-3,15H,4-5,14H2,1H3. The van der Waals surface area contributed by atoms with Crippen LogP contribution in [-0.2, 0) is 23.1 Å². The molecule has 1 heterocycles. The van der Waals surface area contributed by atoms with Crippen LogP contribution in [0.15, 0.2) is 21.6 Å². The lowest BCUT2D eigenvalue weighted by atomic mass is 10.2. The van der Waals surface area contributed by atoms with Crippen molar-refractivity contribution in [1.29, 1.82) is 0 Å². The van der Waals surface area contributed by atoms with E-state index in [0.29, 0.717) is 5.82 Å². The minimum absolute atomic E-state index is 0.0256. The third kappa shape index (κ3) is 3.23. The van der Waals surface area contributed by atoms with Crippen molar-refractivity contribution in [3.8, 4) is 0 Å². The summed E-state index contributed by atoms with van der Waals surface area (Å²) < 4.78 is 58.1. The van der Waals surface area contributed by atoms with Gasteiger partial charge in [0.05, 0.1) is 6.54 Å². The normalized spacial score (nSPS) is 11.8. The highest BCUT2D eigenvalue weighted by Crippen LogP contribution is 2.20. The summed E-state index contributed by atoms with van der Waals surface area (Å²) in [6, 6.07) is 1.67. The molecule has 0 radical (unpaired) electrons. The Hall–Kier alpha value is -1.91. The first-order chi connectivity index (χ1) is 9.85. The lowest BCUT2D eigenvalue weighted by Gasteiger charge is -2.09. The van der Waals surface area contributed by atoms with E-state index in [0.717, 1.165) is 12.1 Å². The molecule has 2 aromatic rings. The molecule has 0 bridgehead atoms. The molecular formula is C11H12F2N4O3S. The summed E-state index contributed by atoms with van der Waals surface area (Å²) in [5, 5.41) is 3.49. The molecule has 2 rings (SSSR count). The van der Waals surface area contributed by atoms with E-state index in [1.807, 2.05) is 0 Å². The van der Waals surface area contributed by atoms with E-state index < -0.39 is 38.7 Å². The number of hydrogen-bond donors (Lipinski definition) is 2. The number of nitrogens with zero attached hydrogens (tertiary/aromatic N) is 2. The molecule has 114 valence electrons. The average Bonchev–Trinajstić information content (AvgIpc) is 2.83. The first-order valence-corrected chi connectivity index (χ1v) is 7.29. The summed E-state index contributed by atoms with van der Waals surface area (Å²) in [5.74, 6) is -1.76. The molecule has 0 aliphatic heterocycles. The number of sulfonamides is 1. The highest BCUT2D eigenvalue weighted by Gasteiger charge is 2.23. The number of hydrogen-bond acceptors (Lipinski definition) is 6. The highest BCUT2D eigenvalue weighted by atomic mass is 32.2. The second-order valence-electron chi connectivity index (χ2n) is 4.10. The van der Waals surface area contributed by atoms with Gasteiger partial charge in [0, 0.05) is 12.1 Å². The first-order valence-electron chi connectivity index (χ1n) is 5.81. The zero-order chi connectivity index (χ0) is 15.6. The molecule has 0 spiro atoms. The van der Waals surface area contributed by atoms with Crippen LogP contribution in [-0.4, -0.2) is 18.6 Å². The van der Waals surface area contributed by atoms with Crippen molar-refractivity contribution in [3.05, 3.63) is 41.0 Å². The van der Waals surface area contributed by atoms with Crippen LogP contribution >= 0.6 is 0 Å². The fourth-order valence-electron chi connectivity index (χ4n) is 1.62. The molecule has 21 heavy (non-hydrogen) atoms. The van der Waals surface area contributed by atoms with Gasteiger partial charge in [-0.3, -0.25) is 0 Å². The first kappa shape index (κ1) is 15.5. The van der Waals surface area contributed by atoms with Gasteiger partial charge in [0.15, 0.2) is 11.6 Å². The van der Waals surface area contributed by atoms with E-state index >= 15 is 0 Å². The number of nitrogens with two attached hydrogens (primary N) is 1. The summed E-state index contributed by atoms with van der Waals surface area (Å²) in [5.41, 5.74) is 4.71. The summed E-state index contributed by atoms with van der Waals surface area (Å²) >= 11 is 0. The molecule has 0 saturated heterocycles. The Morgan fingerprint density at radius 2 is 2.10 bits per heavy atom.